The molecule has 0 amide bonds. The zero-order valence-electron chi connectivity index (χ0n) is 9.94. The summed E-state index contributed by atoms with van der Waals surface area (Å²) in [5, 5.41) is 4.45. The van der Waals surface area contributed by atoms with E-state index in [0.717, 1.165) is 19.4 Å². The predicted octanol–water partition coefficient (Wildman–Crippen LogP) is 5.47. The SMILES string of the molecule is NC(c1sccc1Br)c1ccc(Br)c2ccccc12. The number of hydrogen-bond acceptors (Lipinski definition) is 2. The van der Waals surface area contributed by atoms with Gasteiger partial charge in [-0.05, 0) is 49.8 Å². The summed E-state index contributed by atoms with van der Waals surface area (Å²) in [7, 11) is 0. The van der Waals surface area contributed by atoms with Crippen molar-refractivity contribution in [2.24, 2.45) is 5.73 Å². The Morgan fingerprint density at radius 2 is 1.63 bits per heavy atom. The Kier molecular flexibility index (Phi) is 3.76. The van der Waals surface area contributed by atoms with E-state index in [4.69, 9.17) is 5.73 Å². The van der Waals surface area contributed by atoms with E-state index < -0.39 is 0 Å². The molecule has 4 heteroatoms. The number of hydrogen-bond donors (Lipinski definition) is 1. The van der Waals surface area contributed by atoms with E-state index in [0.29, 0.717) is 0 Å². The molecule has 2 N–H and O–H groups in total. The van der Waals surface area contributed by atoms with Crippen molar-refractivity contribution in [2.75, 3.05) is 0 Å². The second kappa shape index (κ2) is 5.37. The molecular weight excluding hydrogens is 386 g/mol. The van der Waals surface area contributed by atoms with Crippen molar-refractivity contribution in [2.45, 2.75) is 6.04 Å². The van der Waals surface area contributed by atoms with Gasteiger partial charge in [0.05, 0.1) is 6.04 Å². The van der Waals surface area contributed by atoms with Crippen LogP contribution in [0.1, 0.15) is 16.5 Å². The standard InChI is InChI=1S/C15H11Br2NS/c16-12-6-5-11(9-3-1-2-4-10(9)12)14(18)15-13(17)7-8-19-15/h1-8,14H,18H2. The normalized spacial score (nSPS) is 12.8. The lowest BCUT2D eigenvalue weighted by molar-refractivity contribution is 0.898. The van der Waals surface area contributed by atoms with Crippen LogP contribution >= 0.6 is 43.2 Å². The summed E-state index contributed by atoms with van der Waals surface area (Å²) in [5.41, 5.74) is 7.60. The monoisotopic (exact) mass is 395 g/mol. The second-order valence-electron chi connectivity index (χ2n) is 4.29. The summed E-state index contributed by atoms with van der Waals surface area (Å²) >= 11 is 8.84. The molecule has 19 heavy (non-hydrogen) atoms. The van der Waals surface area contributed by atoms with Crippen LogP contribution in [0, 0.1) is 0 Å². The highest BCUT2D eigenvalue weighted by Crippen LogP contribution is 2.36. The van der Waals surface area contributed by atoms with Crippen molar-refractivity contribution in [3.8, 4) is 0 Å². The Balaban J connectivity index is 2.21. The van der Waals surface area contributed by atoms with E-state index in [9.17, 15) is 0 Å². The van der Waals surface area contributed by atoms with Crippen molar-refractivity contribution in [1.82, 2.24) is 0 Å². The lowest BCUT2D eigenvalue weighted by Gasteiger charge is -2.15. The van der Waals surface area contributed by atoms with Gasteiger partial charge >= 0.3 is 0 Å². The number of halogens is 2. The third-order valence-electron chi connectivity index (χ3n) is 3.17. The van der Waals surface area contributed by atoms with E-state index in [1.165, 1.54) is 10.8 Å². The molecule has 3 aromatic rings. The first kappa shape index (κ1) is 13.3. The number of nitrogens with two attached hydrogens (primary N) is 1. The van der Waals surface area contributed by atoms with E-state index in [1.807, 2.05) is 12.1 Å². The predicted molar refractivity (Wildman–Crippen MR) is 89.7 cm³/mol. The molecule has 0 spiro atoms. The van der Waals surface area contributed by atoms with Crippen LogP contribution in [0.5, 0.6) is 0 Å². The fraction of sp³-hybridized carbons (Fsp3) is 0.0667. The van der Waals surface area contributed by atoms with Gasteiger partial charge in [-0.25, -0.2) is 0 Å². The molecule has 2 aromatic carbocycles. The fourth-order valence-corrected chi connectivity index (χ4v) is 4.34. The maximum absolute atomic E-state index is 6.44. The Labute approximate surface area is 132 Å². The minimum atomic E-state index is -0.104. The van der Waals surface area contributed by atoms with Gasteiger partial charge in [-0.15, -0.1) is 11.3 Å². The topological polar surface area (TPSA) is 26.0 Å². The van der Waals surface area contributed by atoms with Crippen LogP contribution in [0.15, 0.2) is 56.8 Å². The molecule has 0 fully saturated rings. The number of benzene rings is 2. The quantitative estimate of drug-likeness (QED) is 0.610. The third-order valence-corrected chi connectivity index (χ3v) is 5.81. The molecule has 96 valence electrons. The molecule has 0 radical (unpaired) electrons. The largest absolute Gasteiger partial charge is 0.320 e. The van der Waals surface area contributed by atoms with Crippen LogP contribution in [0.4, 0.5) is 0 Å². The fourth-order valence-electron chi connectivity index (χ4n) is 2.23. The second-order valence-corrected chi connectivity index (χ2v) is 6.95. The summed E-state index contributed by atoms with van der Waals surface area (Å²) in [6, 6.07) is 14.4. The van der Waals surface area contributed by atoms with Crippen LogP contribution in [-0.4, -0.2) is 0 Å². The van der Waals surface area contributed by atoms with Crippen LogP contribution < -0.4 is 5.73 Å². The highest BCUT2D eigenvalue weighted by Gasteiger charge is 2.16. The van der Waals surface area contributed by atoms with Gasteiger partial charge in [0.2, 0.25) is 0 Å². The molecule has 1 heterocycles. The summed E-state index contributed by atoms with van der Waals surface area (Å²) in [5.74, 6) is 0. The average Bonchev–Trinajstić information content (AvgIpc) is 2.85. The lowest BCUT2D eigenvalue weighted by Crippen LogP contribution is -2.11. The van der Waals surface area contributed by atoms with Crippen molar-refractivity contribution in [3.05, 3.63) is 67.2 Å². The third kappa shape index (κ3) is 2.38. The first-order valence-electron chi connectivity index (χ1n) is 5.84. The van der Waals surface area contributed by atoms with E-state index in [-0.39, 0.29) is 6.04 Å². The van der Waals surface area contributed by atoms with Gasteiger partial charge in [-0.1, -0.05) is 46.3 Å². The van der Waals surface area contributed by atoms with Crippen molar-refractivity contribution in [3.63, 3.8) is 0 Å². The first-order chi connectivity index (χ1) is 9.18. The number of fused-ring (bicyclic) bond motifs is 1. The summed E-state index contributed by atoms with van der Waals surface area (Å²) < 4.78 is 2.18. The van der Waals surface area contributed by atoms with Gasteiger partial charge in [0.25, 0.3) is 0 Å². The smallest absolute Gasteiger partial charge is 0.0663 e. The summed E-state index contributed by atoms with van der Waals surface area (Å²) in [6.07, 6.45) is 0. The maximum Gasteiger partial charge on any atom is 0.0663 e. The zero-order valence-corrected chi connectivity index (χ0v) is 13.9. The van der Waals surface area contributed by atoms with Gasteiger partial charge in [0.15, 0.2) is 0 Å². The molecule has 0 aliphatic carbocycles. The molecular formula is C15H11Br2NS. The van der Waals surface area contributed by atoms with E-state index in [1.54, 1.807) is 11.3 Å². The molecule has 3 rings (SSSR count). The minimum absolute atomic E-state index is 0.104. The van der Waals surface area contributed by atoms with Gasteiger partial charge < -0.3 is 5.73 Å². The van der Waals surface area contributed by atoms with Gasteiger partial charge in [-0.2, -0.15) is 0 Å². The first-order valence-corrected chi connectivity index (χ1v) is 8.30. The molecule has 0 aliphatic heterocycles. The summed E-state index contributed by atoms with van der Waals surface area (Å²) in [4.78, 5) is 1.16. The molecule has 0 saturated heterocycles. The van der Waals surface area contributed by atoms with E-state index in [2.05, 4.69) is 67.6 Å². The van der Waals surface area contributed by atoms with Crippen molar-refractivity contribution < 1.29 is 0 Å². The lowest BCUT2D eigenvalue weighted by atomic mass is 9.98. The maximum atomic E-state index is 6.44. The number of rotatable bonds is 2. The van der Waals surface area contributed by atoms with Crippen molar-refractivity contribution in [1.29, 1.82) is 0 Å². The molecule has 1 nitrogen and oxygen atoms in total. The minimum Gasteiger partial charge on any atom is -0.320 e. The Hall–Kier alpha value is -0.680. The molecule has 1 unspecified atom stereocenters. The van der Waals surface area contributed by atoms with Gasteiger partial charge in [0.1, 0.15) is 0 Å². The molecule has 1 aromatic heterocycles. The van der Waals surface area contributed by atoms with Crippen LogP contribution in [-0.2, 0) is 0 Å². The van der Waals surface area contributed by atoms with Gasteiger partial charge in [-0.3, -0.25) is 0 Å². The highest BCUT2D eigenvalue weighted by molar-refractivity contribution is 9.11. The molecule has 1 atom stereocenters. The van der Waals surface area contributed by atoms with Crippen LogP contribution in [0.25, 0.3) is 10.8 Å². The molecule has 0 saturated carbocycles. The van der Waals surface area contributed by atoms with Crippen LogP contribution in [0.3, 0.4) is 0 Å². The Morgan fingerprint density at radius 1 is 0.895 bits per heavy atom. The Morgan fingerprint density at radius 3 is 2.32 bits per heavy atom. The van der Waals surface area contributed by atoms with Crippen LogP contribution in [0.2, 0.25) is 0 Å². The zero-order chi connectivity index (χ0) is 13.4. The van der Waals surface area contributed by atoms with E-state index >= 15 is 0 Å². The average molecular weight is 397 g/mol. The van der Waals surface area contributed by atoms with Gasteiger partial charge in [0, 0.05) is 13.8 Å². The Bertz CT molecular complexity index is 736. The van der Waals surface area contributed by atoms with Crippen molar-refractivity contribution >= 4 is 54.0 Å². The summed E-state index contributed by atoms with van der Waals surface area (Å²) in [6.45, 7) is 0. The molecule has 0 bridgehead atoms. The number of thiophene rings is 1. The highest BCUT2D eigenvalue weighted by atomic mass is 79.9. The molecule has 0 aliphatic rings.